The van der Waals surface area contributed by atoms with E-state index in [0.717, 1.165) is 45.1 Å². The van der Waals surface area contributed by atoms with Crippen molar-refractivity contribution in [3.05, 3.63) is 63.1 Å². The standard InChI is InChI=1S/C24H24N2O2S/c1-14-18(12-25)22(23-19(26-14)10-24(2,3)11-20(23)27)21-9-16(13-29-21)15-5-7-17(28-4)8-6-15/h5-9,13,22,26H,10-11H2,1-4H3/t22-/m1/s1. The summed E-state index contributed by atoms with van der Waals surface area (Å²) in [6.07, 6.45) is 1.33. The number of nitrogens with one attached hydrogen (secondary N) is 1. The fraction of sp³-hybridized carbons (Fsp3) is 0.333. The smallest absolute Gasteiger partial charge is 0.162 e. The Morgan fingerprint density at radius 2 is 1.93 bits per heavy atom. The number of methoxy groups -OCH3 is 1. The number of hydrogen-bond donors (Lipinski definition) is 1. The van der Waals surface area contributed by atoms with E-state index in [0.29, 0.717) is 12.0 Å². The Kier molecular flexibility index (Phi) is 4.84. The zero-order valence-corrected chi connectivity index (χ0v) is 17.9. The van der Waals surface area contributed by atoms with Crippen molar-refractivity contribution in [3.8, 4) is 22.9 Å². The van der Waals surface area contributed by atoms with Crippen LogP contribution in [0, 0.1) is 16.7 Å². The number of allylic oxidation sites excluding steroid dienone is 4. The van der Waals surface area contributed by atoms with Gasteiger partial charge in [0.05, 0.1) is 24.7 Å². The molecular formula is C24H24N2O2S. The average molecular weight is 405 g/mol. The highest BCUT2D eigenvalue weighted by atomic mass is 32.1. The summed E-state index contributed by atoms with van der Waals surface area (Å²) in [6.45, 7) is 6.17. The van der Waals surface area contributed by atoms with Crippen molar-refractivity contribution in [1.29, 1.82) is 5.26 Å². The second-order valence-electron chi connectivity index (χ2n) is 8.51. The third kappa shape index (κ3) is 3.49. The van der Waals surface area contributed by atoms with E-state index in [1.54, 1.807) is 18.4 Å². The summed E-state index contributed by atoms with van der Waals surface area (Å²) >= 11 is 1.61. The number of nitrogens with zero attached hydrogens (tertiary/aromatic N) is 1. The van der Waals surface area contributed by atoms with Crippen molar-refractivity contribution in [2.75, 3.05) is 7.11 Å². The third-order valence-electron chi connectivity index (χ3n) is 5.69. The van der Waals surface area contributed by atoms with Gasteiger partial charge >= 0.3 is 0 Å². The van der Waals surface area contributed by atoms with Crippen LogP contribution in [0.2, 0.25) is 0 Å². The molecule has 0 spiro atoms. The predicted octanol–water partition coefficient (Wildman–Crippen LogP) is 5.55. The minimum absolute atomic E-state index is 0.0679. The minimum Gasteiger partial charge on any atom is -0.497 e. The van der Waals surface area contributed by atoms with Crippen molar-refractivity contribution in [2.24, 2.45) is 5.41 Å². The van der Waals surface area contributed by atoms with E-state index >= 15 is 0 Å². The fourth-order valence-electron chi connectivity index (χ4n) is 4.31. The number of thiophene rings is 1. The lowest BCUT2D eigenvalue weighted by Crippen LogP contribution is -2.36. The van der Waals surface area contributed by atoms with Crippen LogP contribution in [-0.4, -0.2) is 12.9 Å². The Hall–Kier alpha value is -2.84. The molecule has 0 bridgehead atoms. The molecule has 0 unspecified atom stereocenters. The van der Waals surface area contributed by atoms with E-state index < -0.39 is 0 Å². The van der Waals surface area contributed by atoms with E-state index in [2.05, 4.69) is 36.7 Å². The third-order valence-corrected chi connectivity index (χ3v) is 6.69. The van der Waals surface area contributed by atoms with Crippen LogP contribution in [0.15, 0.2) is 58.3 Å². The minimum atomic E-state index is -0.281. The van der Waals surface area contributed by atoms with Crippen LogP contribution in [0.1, 0.15) is 44.4 Å². The van der Waals surface area contributed by atoms with Gasteiger partial charge in [-0.25, -0.2) is 0 Å². The van der Waals surface area contributed by atoms with Crippen LogP contribution in [0.5, 0.6) is 5.75 Å². The molecule has 0 amide bonds. The number of nitriles is 1. The average Bonchev–Trinajstić information content (AvgIpc) is 3.15. The Bertz CT molecular complexity index is 1080. The SMILES string of the molecule is COc1ccc(-c2csc([C@H]3C(C#N)=C(C)NC4=C3C(=O)CC(C)(C)C4)c2)cc1. The van der Waals surface area contributed by atoms with Crippen molar-refractivity contribution in [2.45, 2.75) is 39.5 Å². The topological polar surface area (TPSA) is 62.1 Å². The summed E-state index contributed by atoms with van der Waals surface area (Å²) in [5.41, 5.74) is 5.35. The number of benzene rings is 1. The molecule has 2 aliphatic rings. The molecule has 1 aromatic carbocycles. The molecule has 0 fully saturated rings. The van der Waals surface area contributed by atoms with Gasteiger partial charge in [-0.2, -0.15) is 5.26 Å². The van der Waals surface area contributed by atoms with Crippen LogP contribution < -0.4 is 10.1 Å². The molecule has 1 aliphatic heterocycles. The molecule has 1 aromatic heterocycles. The lowest BCUT2D eigenvalue weighted by molar-refractivity contribution is -0.118. The Morgan fingerprint density at radius 1 is 1.21 bits per heavy atom. The highest BCUT2D eigenvalue weighted by Gasteiger charge is 2.41. The first-order valence-electron chi connectivity index (χ1n) is 9.70. The molecule has 1 aliphatic carbocycles. The number of Topliss-reactive ketones (excluding diaryl/α,β-unsaturated/α-hetero) is 1. The predicted molar refractivity (Wildman–Crippen MR) is 116 cm³/mol. The number of ether oxygens (including phenoxy) is 1. The Balaban J connectivity index is 1.78. The van der Waals surface area contributed by atoms with Crippen molar-refractivity contribution >= 4 is 17.1 Å². The summed E-state index contributed by atoms with van der Waals surface area (Å²) in [5, 5.41) is 15.3. The van der Waals surface area contributed by atoms with Crippen LogP contribution in [0.3, 0.4) is 0 Å². The molecule has 148 valence electrons. The molecule has 0 radical (unpaired) electrons. The highest BCUT2D eigenvalue weighted by Crippen LogP contribution is 2.48. The second kappa shape index (κ2) is 7.20. The van der Waals surface area contributed by atoms with Gasteiger partial charge in [0, 0.05) is 28.3 Å². The summed E-state index contributed by atoms with van der Waals surface area (Å²) < 4.78 is 5.24. The molecule has 1 N–H and O–H groups in total. The van der Waals surface area contributed by atoms with Crippen LogP contribution in [0.25, 0.3) is 11.1 Å². The monoisotopic (exact) mass is 404 g/mol. The number of rotatable bonds is 3. The molecule has 2 aromatic rings. The van der Waals surface area contributed by atoms with Gasteiger partial charge in [0.1, 0.15) is 5.75 Å². The molecule has 4 nitrogen and oxygen atoms in total. The lowest BCUT2D eigenvalue weighted by atomic mass is 9.70. The Labute approximate surface area is 175 Å². The summed E-state index contributed by atoms with van der Waals surface area (Å²) in [6, 6.07) is 12.4. The molecule has 2 heterocycles. The van der Waals surface area contributed by atoms with Crippen molar-refractivity contribution in [3.63, 3.8) is 0 Å². The van der Waals surface area contributed by atoms with Gasteiger partial charge in [0.15, 0.2) is 5.78 Å². The summed E-state index contributed by atoms with van der Waals surface area (Å²) in [4.78, 5) is 14.1. The first-order chi connectivity index (χ1) is 13.8. The van der Waals surface area contributed by atoms with Gasteiger partial charge in [0.2, 0.25) is 0 Å². The van der Waals surface area contributed by atoms with E-state index in [4.69, 9.17) is 4.74 Å². The van der Waals surface area contributed by atoms with Gasteiger partial charge in [-0.05, 0) is 53.5 Å². The number of ketones is 1. The molecule has 29 heavy (non-hydrogen) atoms. The molecule has 4 rings (SSSR count). The maximum atomic E-state index is 13.1. The lowest BCUT2D eigenvalue weighted by Gasteiger charge is -2.38. The van der Waals surface area contributed by atoms with Crippen molar-refractivity contribution in [1.82, 2.24) is 5.32 Å². The van der Waals surface area contributed by atoms with Gasteiger partial charge in [0.25, 0.3) is 0 Å². The fourth-order valence-corrected chi connectivity index (χ4v) is 5.34. The van der Waals surface area contributed by atoms with Crippen LogP contribution in [0.4, 0.5) is 0 Å². The van der Waals surface area contributed by atoms with Gasteiger partial charge in [-0.15, -0.1) is 11.3 Å². The molecule has 1 atom stereocenters. The normalized spacial score (nSPS) is 20.8. The molecular weight excluding hydrogens is 380 g/mol. The second-order valence-corrected chi connectivity index (χ2v) is 9.45. The number of hydrogen-bond acceptors (Lipinski definition) is 5. The number of carbonyl (C=O) groups excluding carboxylic acids is 1. The van der Waals surface area contributed by atoms with E-state index in [1.807, 2.05) is 31.2 Å². The summed E-state index contributed by atoms with van der Waals surface area (Å²) in [7, 11) is 1.65. The first kappa shape index (κ1) is 19.5. The zero-order valence-electron chi connectivity index (χ0n) is 17.1. The largest absolute Gasteiger partial charge is 0.497 e. The molecule has 0 saturated heterocycles. The van der Waals surface area contributed by atoms with Crippen LogP contribution >= 0.6 is 11.3 Å². The quantitative estimate of drug-likeness (QED) is 0.728. The summed E-state index contributed by atoms with van der Waals surface area (Å²) in [5.74, 6) is 0.684. The van der Waals surface area contributed by atoms with E-state index in [-0.39, 0.29) is 17.1 Å². The number of dihydropyridines is 1. The van der Waals surface area contributed by atoms with E-state index in [1.165, 1.54) is 0 Å². The molecule has 0 saturated carbocycles. The maximum absolute atomic E-state index is 13.1. The van der Waals surface area contributed by atoms with Gasteiger partial charge in [-0.1, -0.05) is 26.0 Å². The maximum Gasteiger partial charge on any atom is 0.162 e. The van der Waals surface area contributed by atoms with Crippen molar-refractivity contribution < 1.29 is 9.53 Å². The number of carbonyl (C=O) groups is 1. The first-order valence-corrected chi connectivity index (χ1v) is 10.6. The Morgan fingerprint density at radius 3 is 2.59 bits per heavy atom. The highest BCUT2D eigenvalue weighted by molar-refractivity contribution is 7.10. The van der Waals surface area contributed by atoms with Gasteiger partial charge in [-0.3, -0.25) is 4.79 Å². The van der Waals surface area contributed by atoms with Crippen LogP contribution in [-0.2, 0) is 4.79 Å². The zero-order chi connectivity index (χ0) is 20.8. The van der Waals surface area contributed by atoms with Gasteiger partial charge < -0.3 is 10.1 Å². The van der Waals surface area contributed by atoms with E-state index in [9.17, 15) is 10.1 Å². The molecule has 5 heteroatoms.